The van der Waals surface area contributed by atoms with Gasteiger partial charge in [0, 0.05) is 24.1 Å². The minimum Gasteiger partial charge on any atom is -0.364 e. The molecule has 0 unspecified atom stereocenters. The fourth-order valence-electron chi connectivity index (χ4n) is 2.83. The molecule has 1 amide bonds. The summed E-state index contributed by atoms with van der Waals surface area (Å²) in [5.74, 6) is -0.375. The van der Waals surface area contributed by atoms with E-state index in [-0.39, 0.29) is 11.7 Å². The van der Waals surface area contributed by atoms with Crippen molar-refractivity contribution in [2.24, 2.45) is 0 Å². The molecule has 26 heavy (non-hydrogen) atoms. The van der Waals surface area contributed by atoms with Crippen LogP contribution in [0.3, 0.4) is 0 Å². The average molecular weight is 352 g/mol. The lowest BCUT2D eigenvalue weighted by Crippen LogP contribution is -2.23. The Hall–Kier alpha value is -2.95. The number of hydrogen-bond acceptors (Lipinski definition) is 3. The van der Waals surface area contributed by atoms with E-state index in [0.29, 0.717) is 30.6 Å². The summed E-state index contributed by atoms with van der Waals surface area (Å²) in [4.78, 5) is 12.2. The number of rotatable bonds is 6. The van der Waals surface area contributed by atoms with Crippen LogP contribution in [-0.2, 0) is 17.8 Å². The van der Waals surface area contributed by atoms with Gasteiger partial charge in [0.05, 0.1) is 0 Å². The van der Waals surface area contributed by atoms with Gasteiger partial charge in [-0.2, -0.15) is 0 Å². The molecule has 2 aromatic carbocycles. The highest BCUT2D eigenvalue weighted by molar-refractivity contribution is 5.76. The van der Waals surface area contributed by atoms with E-state index in [1.54, 1.807) is 12.1 Å². The molecule has 4 nitrogen and oxygen atoms in total. The van der Waals surface area contributed by atoms with E-state index in [9.17, 15) is 9.18 Å². The van der Waals surface area contributed by atoms with Crippen LogP contribution in [-0.4, -0.2) is 11.1 Å². The highest BCUT2D eigenvalue weighted by Crippen LogP contribution is 2.23. The van der Waals surface area contributed by atoms with Crippen molar-refractivity contribution >= 4 is 5.91 Å². The van der Waals surface area contributed by atoms with E-state index in [1.165, 1.54) is 24.0 Å². The molecule has 1 heterocycles. The summed E-state index contributed by atoms with van der Waals surface area (Å²) < 4.78 is 18.4. The Morgan fingerprint density at radius 2 is 2.00 bits per heavy atom. The molecule has 0 radical (unpaired) electrons. The van der Waals surface area contributed by atoms with Crippen molar-refractivity contribution in [3.63, 3.8) is 0 Å². The zero-order valence-electron chi connectivity index (χ0n) is 14.9. The van der Waals surface area contributed by atoms with Gasteiger partial charge in [-0.25, -0.2) is 4.39 Å². The van der Waals surface area contributed by atoms with Gasteiger partial charge in [0.2, 0.25) is 5.91 Å². The van der Waals surface area contributed by atoms with E-state index >= 15 is 0 Å². The number of amides is 1. The molecule has 0 saturated carbocycles. The van der Waals surface area contributed by atoms with Crippen LogP contribution in [0.25, 0.3) is 11.3 Å². The van der Waals surface area contributed by atoms with Gasteiger partial charge in [0.15, 0.2) is 0 Å². The predicted molar refractivity (Wildman–Crippen MR) is 98.0 cm³/mol. The first kappa shape index (κ1) is 17.9. The standard InChI is InChI=1S/C21H21FN2O2/c1-14-6-7-15(2)18(10-14)12-23-20(25)9-8-17-13-26-24-21(17)16-4-3-5-19(22)11-16/h3-7,10-11,13H,8-9,12H2,1-2H3,(H,23,25). The number of hydrogen-bond donors (Lipinski definition) is 1. The van der Waals surface area contributed by atoms with Crippen LogP contribution in [0.2, 0.25) is 0 Å². The van der Waals surface area contributed by atoms with Gasteiger partial charge in [-0.05, 0) is 43.5 Å². The third-order valence-corrected chi connectivity index (χ3v) is 4.34. The SMILES string of the molecule is Cc1ccc(C)c(CNC(=O)CCc2conc2-c2cccc(F)c2)c1. The molecule has 1 N–H and O–H groups in total. The molecule has 1 aromatic heterocycles. The van der Waals surface area contributed by atoms with Gasteiger partial charge < -0.3 is 9.84 Å². The van der Waals surface area contributed by atoms with Crippen LogP contribution in [0.15, 0.2) is 53.3 Å². The predicted octanol–water partition coefficient (Wildman–Crippen LogP) is 4.35. The van der Waals surface area contributed by atoms with E-state index in [0.717, 1.165) is 16.7 Å². The number of benzene rings is 2. The molecule has 5 heteroatoms. The second kappa shape index (κ2) is 7.95. The molecule has 134 valence electrons. The lowest BCUT2D eigenvalue weighted by Gasteiger charge is -2.09. The van der Waals surface area contributed by atoms with Crippen molar-refractivity contribution in [2.75, 3.05) is 0 Å². The highest BCUT2D eigenvalue weighted by Gasteiger charge is 2.13. The van der Waals surface area contributed by atoms with Gasteiger partial charge in [0.25, 0.3) is 0 Å². The summed E-state index contributed by atoms with van der Waals surface area (Å²) in [6.07, 6.45) is 2.31. The van der Waals surface area contributed by atoms with Crippen LogP contribution in [0, 0.1) is 19.7 Å². The molecule has 0 aliphatic rings. The Labute approximate surface area is 152 Å². The first-order valence-corrected chi connectivity index (χ1v) is 8.55. The molecule has 0 aliphatic carbocycles. The largest absolute Gasteiger partial charge is 0.364 e. The third-order valence-electron chi connectivity index (χ3n) is 4.34. The number of carbonyl (C=O) groups excluding carboxylic acids is 1. The Morgan fingerprint density at radius 3 is 2.81 bits per heavy atom. The Balaban J connectivity index is 1.59. The molecule has 0 bridgehead atoms. The maximum absolute atomic E-state index is 13.4. The Bertz CT molecular complexity index is 918. The van der Waals surface area contributed by atoms with E-state index < -0.39 is 0 Å². The quantitative estimate of drug-likeness (QED) is 0.718. The van der Waals surface area contributed by atoms with Gasteiger partial charge in [-0.1, -0.05) is 41.1 Å². The number of aromatic nitrogens is 1. The first-order valence-electron chi connectivity index (χ1n) is 8.55. The molecule has 3 aromatic rings. The normalized spacial score (nSPS) is 10.7. The van der Waals surface area contributed by atoms with Gasteiger partial charge in [0.1, 0.15) is 17.8 Å². The summed E-state index contributed by atoms with van der Waals surface area (Å²) in [5, 5.41) is 6.89. The second-order valence-corrected chi connectivity index (χ2v) is 6.41. The smallest absolute Gasteiger partial charge is 0.220 e. The molecule has 0 saturated heterocycles. The first-order chi connectivity index (χ1) is 12.5. The van der Waals surface area contributed by atoms with Crippen molar-refractivity contribution in [1.29, 1.82) is 0 Å². The molecular formula is C21H21FN2O2. The summed E-state index contributed by atoms with van der Waals surface area (Å²) in [6, 6.07) is 12.4. The average Bonchev–Trinajstić information content (AvgIpc) is 3.09. The maximum atomic E-state index is 13.4. The number of halogens is 1. The lowest BCUT2D eigenvalue weighted by atomic mass is 10.0. The number of nitrogens with zero attached hydrogens (tertiary/aromatic N) is 1. The van der Waals surface area contributed by atoms with Crippen molar-refractivity contribution in [2.45, 2.75) is 33.2 Å². The van der Waals surface area contributed by atoms with E-state index in [1.807, 2.05) is 13.8 Å². The summed E-state index contributed by atoms with van der Waals surface area (Å²) in [6.45, 7) is 4.57. The minimum absolute atomic E-state index is 0.0442. The molecule has 3 rings (SSSR count). The zero-order chi connectivity index (χ0) is 18.5. The Kier molecular flexibility index (Phi) is 5.46. The van der Waals surface area contributed by atoms with Gasteiger partial charge >= 0.3 is 0 Å². The molecule has 0 fully saturated rings. The van der Waals surface area contributed by atoms with Crippen molar-refractivity contribution in [3.05, 3.63) is 76.8 Å². The van der Waals surface area contributed by atoms with Crippen LogP contribution < -0.4 is 5.32 Å². The second-order valence-electron chi connectivity index (χ2n) is 6.41. The topological polar surface area (TPSA) is 55.1 Å². The van der Waals surface area contributed by atoms with Crippen LogP contribution >= 0.6 is 0 Å². The molecule has 0 aliphatic heterocycles. The van der Waals surface area contributed by atoms with Crippen LogP contribution in [0.4, 0.5) is 4.39 Å². The zero-order valence-corrected chi connectivity index (χ0v) is 14.9. The summed E-state index contributed by atoms with van der Waals surface area (Å²) in [7, 11) is 0. The van der Waals surface area contributed by atoms with Crippen LogP contribution in [0.1, 0.15) is 28.7 Å². The van der Waals surface area contributed by atoms with Gasteiger partial charge in [-0.3, -0.25) is 4.79 Å². The highest BCUT2D eigenvalue weighted by atomic mass is 19.1. The molecule has 0 spiro atoms. The minimum atomic E-state index is -0.331. The number of carbonyl (C=O) groups is 1. The molecule has 0 atom stereocenters. The lowest BCUT2D eigenvalue weighted by molar-refractivity contribution is -0.121. The monoisotopic (exact) mass is 352 g/mol. The fraction of sp³-hybridized carbons (Fsp3) is 0.238. The van der Waals surface area contributed by atoms with Crippen molar-refractivity contribution < 1.29 is 13.7 Å². The van der Waals surface area contributed by atoms with Gasteiger partial charge in [-0.15, -0.1) is 0 Å². The van der Waals surface area contributed by atoms with Crippen LogP contribution in [0.5, 0.6) is 0 Å². The number of nitrogens with one attached hydrogen (secondary N) is 1. The van der Waals surface area contributed by atoms with Crippen molar-refractivity contribution in [3.8, 4) is 11.3 Å². The Morgan fingerprint density at radius 1 is 1.15 bits per heavy atom. The van der Waals surface area contributed by atoms with E-state index in [4.69, 9.17) is 4.52 Å². The van der Waals surface area contributed by atoms with Crippen molar-refractivity contribution in [1.82, 2.24) is 10.5 Å². The third kappa shape index (κ3) is 4.36. The maximum Gasteiger partial charge on any atom is 0.220 e. The summed E-state index contributed by atoms with van der Waals surface area (Å²) >= 11 is 0. The fourth-order valence-corrected chi connectivity index (χ4v) is 2.83. The van der Waals surface area contributed by atoms with E-state index in [2.05, 4.69) is 28.7 Å². The number of aryl methyl sites for hydroxylation is 3. The molecular weight excluding hydrogens is 331 g/mol. The summed E-state index contributed by atoms with van der Waals surface area (Å²) in [5.41, 5.74) is 5.45.